The number of piperidine rings is 1. The van der Waals surface area contributed by atoms with E-state index in [1.165, 1.54) is 5.56 Å². The van der Waals surface area contributed by atoms with Crippen LogP contribution in [0.5, 0.6) is 11.5 Å². The SMILES string of the molecule is Cc1ccc(-c2cnc(N3CCC[C@@H](C(=O)Nc4ccc5c(c4)OCCO5)C3)nc2)cc1. The van der Waals surface area contributed by atoms with Crippen molar-refractivity contribution in [3.63, 3.8) is 0 Å². The summed E-state index contributed by atoms with van der Waals surface area (Å²) in [6, 6.07) is 13.8. The van der Waals surface area contributed by atoms with Crippen LogP contribution in [0.25, 0.3) is 11.1 Å². The van der Waals surface area contributed by atoms with Gasteiger partial charge in [0, 0.05) is 42.8 Å². The number of fused-ring (bicyclic) bond motifs is 1. The fourth-order valence-electron chi connectivity index (χ4n) is 4.12. The molecule has 1 saturated heterocycles. The lowest BCUT2D eigenvalue weighted by Crippen LogP contribution is -2.41. The molecule has 1 atom stereocenters. The van der Waals surface area contributed by atoms with E-state index in [0.717, 1.165) is 36.2 Å². The number of benzene rings is 2. The molecule has 5 rings (SSSR count). The lowest BCUT2D eigenvalue weighted by Gasteiger charge is -2.32. The monoisotopic (exact) mass is 430 g/mol. The smallest absolute Gasteiger partial charge is 0.229 e. The fourth-order valence-corrected chi connectivity index (χ4v) is 4.12. The average molecular weight is 431 g/mol. The highest BCUT2D eigenvalue weighted by Gasteiger charge is 2.27. The highest BCUT2D eigenvalue weighted by Crippen LogP contribution is 2.33. The Morgan fingerprint density at radius 2 is 1.75 bits per heavy atom. The molecule has 2 aliphatic rings. The molecule has 164 valence electrons. The number of ether oxygens (including phenoxy) is 2. The van der Waals surface area contributed by atoms with E-state index < -0.39 is 0 Å². The summed E-state index contributed by atoms with van der Waals surface area (Å²) in [5, 5.41) is 3.03. The van der Waals surface area contributed by atoms with Gasteiger partial charge < -0.3 is 19.7 Å². The summed E-state index contributed by atoms with van der Waals surface area (Å²) in [7, 11) is 0. The minimum atomic E-state index is -0.127. The Balaban J connectivity index is 1.24. The van der Waals surface area contributed by atoms with Gasteiger partial charge in [-0.15, -0.1) is 0 Å². The molecule has 2 aliphatic heterocycles. The molecule has 1 N–H and O–H groups in total. The topological polar surface area (TPSA) is 76.6 Å². The zero-order chi connectivity index (χ0) is 21.9. The predicted octanol–water partition coefficient (Wildman–Crippen LogP) is 4.08. The molecule has 32 heavy (non-hydrogen) atoms. The molecule has 1 fully saturated rings. The van der Waals surface area contributed by atoms with Gasteiger partial charge in [-0.05, 0) is 37.5 Å². The van der Waals surface area contributed by atoms with Crippen LogP contribution in [0.2, 0.25) is 0 Å². The fraction of sp³-hybridized carbons (Fsp3) is 0.320. The van der Waals surface area contributed by atoms with Gasteiger partial charge in [0.2, 0.25) is 11.9 Å². The average Bonchev–Trinajstić information content (AvgIpc) is 2.85. The van der Waals surface area contributed by atoms with Crippen molar-refractivity contribution in [3.05, 3.63) is 60.4 Å². The number of hydrogen-bond acceptors (Lipinski definition) is 6. The number of nitrogens with zero attached hydrogens (tertiary/aromatic N) is 3. The lowest BCUT2D eigenvalue weighted by atomic mass is 9.97. The van der Waals surface area contributed by atoms with Crippen molar-refractivity contribution in [2.75, 3.05) is 36.5 Å². The van der Waals surface area contributed by atoms with E-state index in [-0.39, 0.29) is 11.8 Å². The minimum Gasteiger partial charge on any atom is -0.486 e. The normalized spacial score (nSPS) is 17.7. The standard InChI is InChI=1S/C25H26N4O3/c1-17-4-6-18(7-5-17)20-14-26-25(27-15-20)29-10-2-3-19(16-29)24(30)28-21-8-9-22-23(13-21)32-12-11-31-22/h4-9,13-15,19H,2-3,10-12,16H2,1H3,(H,28,30)/t19-/m1/s1. The van der Waals surface area contributed by atoms with Crippen molar-refractivity contribution in [2.24, 2.45) is 5.92 Å². The zero-order valence-electron chi connectivity index (χ0n) is 18.1. The summed E-state index contributed by atoms with van der Waals surface area (Å²) < 4.78 is 11.2. The third kappa shape index (κ3) is 4.37. The molecule has 0 radical (unpaired) electrons. The number of aromatic nitrogens is 2. The molecule has 7 heteroatoms. The summed E-state index contributed by atoms with van der Waals surface area (Å²) in [5.74, 6) is 1.92. The van der Waals surface area contributed by atoms with Gasteiger partial charge in [0.1, 0.15) is 13.2 Å². The zero-order valence-corrected chi connectivity index (χ0v) is 18.1. The summed E-state index contributed by atoms with van der Waals surface area (Å²) in [6.07, 6.45) is 5.47. The summed E-state index contributed by atoms with van der Waals surface area (Å²) in [5.41, 5.74) is 4.02. The Hall–Kier alpha value is -3.61. The van der Waals surface area contributed by atoms with Gasteiger partial charge in [-0.3, -0.25) is 4.79 Å². The van der Waals surface area contributed by atoms with E-state index in [2.05, 4.69) is 51.4 Å². The molecule has 0 aliphatic carbocycles. The first-order valence-corrected chi connectivity index (χ1v) is 11.0. The molecule has 0 bridgehead atoms. The lowest BCUT2D eigenvalue weighted by molar-refractivity contribution is -0.120. The first kappa shape index (κ1) is 20.3. The molecule has 1 amide bonds. The van der Waals surface area contributed by atoms with Crippen LogP contribution in [0.4, 0.5) is 11.6 Å². The number of anilines is 2. The quantitative estimate of drug-likeness (QED) is 0.672. The number of aryl methyl sites for hydroxylation is 1. The maximum Gasteiger partial charge on any atom is 0.229 e. The molecule has 3 heterocycles. The third-order valence-electron chi connectivity index (χ3n) is 5.91. The number of carbonyl (C=O) groups is 1. The van der Waals surface area contributed by atoms with Gasteiger partial charge in [-0.1, -0.05) is 29.8 Å². The molecular formula is C25H26N4O3. The minimum absolute atomic E-state index is 0.00246. The van der Waals surface area contributed by atoms with E-state index >= 15 is 0 Å². The molecule has 2 aromatic carbocycles. The second kappa shape index (κ2) is 8.86. The van der Waals surface area contributed by atoms with Gasteiger partial charge >= 0.3 is 0 Å². The second-order valence-corrected chi connectivity index (χ2v) is 8.27. The third-order valence-corrected chi connectivity index (χ3v) is 5.91. The Labute approximate surface area is 187 Å². The van der Waals surface area contributed by atoms with E-state index in [0.29, 0.717) is 37.2 Å². The molecule has 0 unspecified atom stereocenters. The second-order valence-electron chi connectivity index (χ2n) is 8.27. The van der Waals surface area contributed by atoms with Crippen molar-refractivity contribution in [1.82, 2.24) is 9.97 Å². The van der Waals surface area contributed by atoms with E-state index in [9.17, 15) is 4.79 Å². The summed E-state index contributed by atoms with van der Waals surface area (Å²) >= 11 is 0. The van der Waals surface area contributed by atoms with Gasteiger partial charge in [-0.2, -0.15) is 0 Å². The highest BCUT2D eigenvalue weighted by atomic mass is 16.6. The number of rotatable bonds is 4. The maximum absolute atomic E-state index is 12.9. The van der Waals surface area contributed by atoms with Crippen LogP contribution in [0.15, 0.2) is 54.9 Å². The number of carbonyl (C=O) groups excluding carboxylic acids is 1. The van der Waals surface area contributed by atoms with Crippen LogP contribution in [-0.4, -0.2) is 42.2 Å². The molecule has 0 spiro atoms. The maximum atomic E-state index is 12.9. The number of amides is 1. The van der Waals surface area contributed by atoms with Crippen LogP contribution in [-0.2, 0) is 4.79 Å². The van der Waals surface area contributed by atoms with Crippen molar-refractivity contribution in [2.45, 2.75) is 19.8 Å². The van der Waals surface area contributed by atoms with Gasteiger partial charge in [0.15, 0.2) is 11.5 Å². The van der Waals surface area contributed by atoms with Crippen LogP contribution in [0.1, 0.15) is 18.4 Å². The Bertz CT molecular complexity index is 1100. The van der Waals surface area contributed by atoms with Crippen molar-refractivity contribution in [1.29, 1.82) is 0 Å². The Morgan fingerprint density at radius 1 is 1.00 bits per heavy atom. The predicted molar refractivity (Wildman–Crippen MR) is 123 cm³/mol. The van der Waals surface area contributed by atoms with Crippen LogP contribution >= 0.6 is 0 Å². The number of nitrogens with one attached hydrogen (secondary N) is 1. The van der Waals surface area contributed by atoms with Crippen molar-refractivity contribution < 1.29 is 14.3 Å². The van der Waals surface area contributed by atoms with Crippen LogP contribution in [0, 0.1) is 12.8 Å². The van der Waals surface area contributed by atoms with E-state index in [4.69, 9.17) is 9.47 Å². The largest absolute Gasteiger partial charge is 0.486 e. The summed E-state index contributed by atoms with van der Waals surface area (Å²) in [6.45, 7) is 4.58. The van der Waals surface area contributed by atoms with Gasteiger partial charge in [0.05, 0.1) is 5.92 Å². The van der Waals surface area contributed by atoms with Crippen molar-refractivity contribution >= 4 is 17.5 Å². The van der Waals surface area contributed by atoms with Crippen LogP contribution in [0.3, 0.4) is 0 Å². The first-order valence-electron chi connectivity index (χ1n) is 11.0. The van der Waals surface area contributed by atoms with Crippen molar-refractivity contribution in [3.8, 4) is 22.6 Å². The molecule has 3 aromatic rings. The van der Waals surface area contributed by atoms with Gasteiger partial charge in [-0.25, -0.2) is 9.97 Å². The Kier molecular flexibility index (Phi) is 5.62. The van der Waals surface area contributed by atoms with Crippen LogP contribution < -0.4 is 19.7 Å². The molecular weight excluding hydrogens is 404 g/mol. The molecule has 0 saturated carbocycles. The van der Waals surface area contributed by atoms with E-state index in [1.807, 2.05) is 30.6 Å². The van der Waals surface area contributed by atoms with E-state index in [1.54, 1.807) is 0 Å². The summed E-state index contributed by atoms with van der Waals surface area (Å²) in [4.78, 5) is 24.2. The molecule has 1 aromatic heterocycles. The first-order chi connectivity index (χ1) is 15.7. The number of hydrogen-bond donors (Lipinski definition) is 1. The molecule has 7 nitrogen and oxygen atoms in total. The highest BCUT2D eigenvalue weighted by molar-refractivity contribution is 5.93. The van der Waals surface area contributed by atoms with Gasteiger partial charge in [0.25, 0.3) is 0 Å². The Morgan fingerprint density at radius 3 is 2.53 bits per heavy atom.